The Hall–Kier alpha value is -4.21. The van der Waals surface area contributed by atoms with Crippen molar-refractivity contribution in [1.29, 1.82) is 0 Å². The Bertz CT molecular complexity index is 1490. The van der Waals surface area contributed by atoms with E-state index in [1.807, 2.05) is 36.4 Å². The predicted octanol–water partition coefficient (Wildman–Crippen LogP) is 6.38. The number of Topliss-reactive ketones (excluding diaryl/α,β-unsaturated/α-hetero) is 1. The summed E-state index contributed by atoms with van der Waals surface area (Å²) in [5.74, 6) is 0.377. The first kappa shape index (κ1) is 30.3. The quantitative estimate of drug-likeness (QED) is 0.207. The van der Waals surface area contributed by atoms with E-state index in [9.17, 15) is 18.0 Å². The molecular weight excluding hydrogens is 555 g/mol. The molecule has 9 heteroatoms. The number of ether oxygens (including phenoxy) is 2. The first-order chi connectivity index (χ1) is 20.8. The number of carbonyl (C=O) groups excluding carboxylic acids is 1. The highest BCUT2D eigenvalue weighted by Gasteiger charge is 2.31. The number of aromatic nitrogens is 1. The molecule has 1 saturated heterocycles. The van der Waals surface area contributed by atoms with E-state index < -0.39 is 6.36 Å². The molecule has 4 aromatic rings. The summed E-state index contributed by atoms with van der Waals surface area (Å²) in [5, 5.41) is 3.35. The molecule has 0 atom stereocenters. The van der Waals surface area contributed by atoms with Gasteiger partial charge in [0.2, 0.25) is 0 Å². The van der Waals surface area contributed by atoms with Gasteiger partial charge in [-0.05, 0) is 70.6 Å². The second-order valence-electron chi connectivity index (χ2n) is 10.6. The van der Waals surface area contributed by atoms with Crippen LogP contribution in [-0.2, 0) is 30.8 Å². The monoisotopic (exact) mass is 589 g/mol. The predicted molar refractivity (Wildman–Crippen MR) is 159 cm³/mol. The van der Waals surface area contributed by atoms with E-state index in [-0.39, 0.29) is 18.1 Å². The third-order valence-electron chi connectivity index (χ3n) is 7.30. The molecule has 0 bridgehead atoms. The minimum atomic E-state index is -4.80. The number of piperazine rings is 1. The highest BCUT2D eigenvalue weighted by atomic mass is 19.4. The van der Waals surface area contributed by atoms with E-state index in [2.05, 4.69) is 32.1 Å². The van der Waals surface area contributed by atoms with Gasteiger partial charge >= 0.3 is 6.36 Å². The lowest BCUT2D eigenvalue weighted by molar-refractivity contribution is -0.274. The van der Waals surface area contributed by atoms with Crippen LogP contribution in [0.4, 0.5) is 13.2 Å². The molecule has 0 radical (unpaired) electrons. The fourth-order valence-electron chi connectivity index (χ4n) is 5.14. The average molecular weight is 590 g/mol. The number of carbonyl (C=O) groups is 1. The number of halogens is 3. The minimum Gasteiger partial charge on any atom is -0.489 e. The largest absolute Gasteiger partial charge is 0.573 e. The van der Waals surface area contributed by atoms with E-state index >= 15 is 0 Å². The van der Waals surface area contributed by atoms with Gasteiger partial charge in [-0.3, -0.25) is 14.7 Å². The molecule has 6 nitrogen and oxygen atoms in total. The molecule has 3 aromatic carbocycles. The third kappa shape index (κ3) is 9.39. The van der Waals surface area contributed by atoms with Crippen molar-refractivity contribution < 1.29 is 27.4 Å². The minimum absolute atomic E-state index is 0.0375. The van der Waals surface area contributed by atoms with Crippen molar-refractivity contribution in [2.75, 3.05) is 26.2 Å². The number of ketones is 1. The number of rotatable bonds is 12. The standard InChI is InChI=1S/C34H34F3N3O3/c35-34(36,37)43-32-12-13-33(28-5-1-3-27(19-28)23-40-17-15-38-16-18-40)29(21-32)24-42-31-10-7-25(8-11-31)20-30(41)9-6-26-4-2-14-39-22-26/h1-5,7-8,10-14,19,21-22,38H,6,9,15-18,20,23-24H2. The van der Waals surface area contributed by atoms with Crippen LogP contribution in [0.5, 0.6) is 11.5 Å². The number of nitrogens with one attached hydrogen (secondary N) is 1. The van der Waals surface area contributed by atoms with Crippen molar-refractivity contribution in [3.8, 4) is 22.6 Å². The van der Waals surface area contributed by atoms with Crippen molar-refractivity contribution in [2.24, 2.45) is 0 Å². The molecule has 1 fully saturated rings. The molecule has 0 amide bonds. The smallest absolute Gasteiger partial charge is 0.489 e. The summed E-state index contributed by atoms with van der Waals surface area (Å²) in [7, 11) is 0. The Balaban J connectivity index is 1.26. The van der Waals surface area contributed by atoms with Gasteiger partial charge in [0, 0.05) is 63.5 Å². The average Bonchev–Trinajstić information content (AvgIpc) is 3.00. The highest BCUT2D eigenvalue weighted by molar-refractivity contribution is 5.81. The van der Waals surface area contributed by atoms with Gasteiger partial charge in [-0.25, -0.2) is 0 Å². The molecule has 5 rings (SSSR count). The maximum atomic E-state index is 13.0. The first-order valence-corrected chi connectivity index (χ1v) is 14.3. The van der Waals surface area contributed by atoms with Crippen LogP contribution in [0.15, 0.2) is 91.3 Å². The van der Waals surface area contributed by atoms with Gasteiger partial charge in [0.1, 0.15) is 23.9 Å². The first-order valence-electron chi connectivity index (χ1n) is 14.3. The number of hydrogen-bond donors (Lipinski definition) is 1. The molecule has 1 N–H and O–H groups in total. The SMILES string of the molecule is O=C(CCc1cccnc1)Cc1ccc(OCc2cc(OC(F)(F)F)ccc2-c2cccc(CN3CCNCC3)c2)cc1. The molecule has 0 saturated carbocycles. The van der Waals surface area contributed by atoms with Gasteiger partial charge in [0.15, 0.2) is 0 Å². The van der Waals surface area contributed by atoms with Gasteiger partial charge in [0.25, 0.3) is 0 Å². The Morgan fingerprint density at radius 2 is 1.65 bits per heavy atom. The van der Waals surface area contributed by atoms with Crippen LogP contribution in [0.3, 0.4) is 0 Å². The zero-order chi connectivity index (χ0) is 30.1. The Labute approximate surface area is 249 Å². The Morgan fingerprint density at radius 3 is 2.40 bits per heavy atom. The molecular formula is C34H34F3N3O3. The Morgan fingerprint density at radius 1 is 0.884 bits per heavy atom. The summed E-state index contributed by atoms with van der Waals surface area (Å²) in [4.78, 5) is 18.9. The van der Waals surface area contributed by atoms with Gasteiger partial charge in [0.05, 0.1) is 0 Å². The van der Waals surface area contributed by atoms with Gasteiger partial charge in [-0.15, -0.1) is 13.2 Å². The van der Waals surface area contributed by atoms with Crippen LogP contribution in [0.25, 0.3) is 11.1 Å². The summed E-state index contributed by atoms with van der Waals surface area (Å²) < 4.78 is 49.2. The van der Waals surface area contributed by atoms with Crippen molar-refractivity contribution in [1.82, 2.24) is 15.2 Å². The van der Waals surface area contributed by atoms with Crippen LogP contribution >= 0.6 is 0 Å². The summed E-state index contributed by atoms with van der Waals surface area (Å²) in [6.45, 7) is 4.66. The van der Waals surface area contributed by atoms with Crippen molar-refractivity contribution in [2.45, 2.75) is 38.8 Å². The van der Waals surface area contributed by atoms with Gasteiger partial charge < -0.3 is 14.8 Å². The van der Waals surface area contributed by atoms with Crippen molar-refractivity contribution in [3.63, 3.8) is 0 Å². The van der Waals surface area contributed by atoms with Gasteiger partial charge in [-0.1, -0.05) is 42.5 Å². The van der Waals surface area contributed by atoms with Crippen LogP contribution in [0, 0.1) is 0 Å². The zero-order valence-corrected chi connectivity index (χ0v) is 23.8. The lowest BCUT2D eigenvalue weighted by Gasteiger charge is -2.27. The summed E-state index contributed by atoms with van der Waals surface area (Å²) >= 11 is 0. The normalized spacial score (nSPS) is 13.9. The van der Waals surface area contributed by atoms with E-state index in [1.165, 1.54) is 12.1 Å². The molecule has 0 spiro atoms. The van der Waals surface area contributed by atoms with E-state index in [4.69, 9.17) is 4.74 Å². The molecule has 1 aromatic heterocycles. The van der Waals surface area contributed by atoms with Crippen LogP contribution in [0.1, 0.15) is 28.7 Å². The Kier molecular flexibility index (Phi) is 10.1. The van der Waals surface area contributed by atoms with Crippen LogP contribution in [0.2, 0.25) is 0 Å². The maximum absolute atomic E-state index is 13.0. The van der Waals surface area contributed by atoms with E-state index in [1.54, 1.807) is 30.6 Å². The third-order valence-corrected chi connectivity index (χ3v) is 7.30. The molecule has 43 heavy (non-hydrogen) atoms. The number of nitrogens with zero attached hydrogens (tertiary/aromatic N) is 2. The number of pyridine rings is 1. The topological polar surface area (TPSA) is 63.7 Å². The fourth-order valence-corrected chi connectivity index (χ4v) is 5.14. The molecule has 224 valence electrons. The summed E-state index contributed by atoms with van der Waals surface area (Å²) in [6, 6.07) is 23.4. The number of benzene rings is 3. The summed E-state index contributed by atoms with van der Waals surface area (Å²) in [6.07, 6.45) is 0.0567. The van der Waals surface area contributed by atoms with Crippen molar-refractivity contribution in [3.05, 3.63) is 114 Å². The van der Waals surface area contributed by atoms with Crippen LogP contribution in [-0.4, -0.2) is 48.2 Å². The van der Waals surface area contributed by atoms with E-state index in [0.717, 1.165) is 60.5 Å². The second kappa shape index (κ2) is 14.3. The summed E-state index contributed by atoms with van der Waals surface area (Å²) in [5.41, 5.74) is 5.25. The van der Waals surface area contributed by atoms with Crippen LogP contribution < -0.4 is 14.8 Å². The number of alkyl halides is 3. The van der Waals surface area contributed by atoms with E-state index in [0.29, 0.717) is 30.6 Å². The number of hydrogen-bond acceptors (Lipinski definition) is 6. The molecule has 1 aliphatic heterocycles. The lowest BCUT2D eigenvalue weighted by atomic mass is 9.98. The molecule has 0 aliphatic carbocycles. The molecule has 0 unspecified atom stereocenters. The molecule has 2 heterocycles. The molecule has 1 aliphatic rings. The maximum Gasteiger partial charge on any atom is 0.573 e. The number of aryl methyl sites for hydroxylation is 1. The fraction of sp³-hybridized carbons (Fsp3) is 0.294. The zero-order valence-electron chi connectivity index (χ0n) is 23.8. The lowest BCUT2D eigenvalue weighted by Crippen LogP contribution is -2.42. The second-order valence-corrected chi connectivity index (χ2v) is 10.6. The highest BCUT2D eigenvalue weighted by Crippen LogP contribution is 2.32. The van der Waals surface area contributed by atoms with Gasteiger partial charge in [-0.2, -0.15) is 0 Å². The van der Waals surface area contributed by atoms with Crippen molar-refractivity contribution >= 4 is 5.78 Å².